The molecule has 0 radical (unpaired) electrons. The normalized spacial score (nSPS) is 10.6. The van der Waals surface area contributed by atoms with E-state index in [1.165, 1.54) is 11.3 Å². The standard InChI is InChI=1S/C17H13FN2O3S/c1-10-7-13(19-16(21)11-5-3-2-4-6-11)8-12-9-14(24-15(10)12)17(22)20-23-18/h2-9H,1H3,(H,19,21)(H,20,22). The smallest absolute Gasteiger partial charge is 0.287 e. The Hall–Kier alpha value is -2.77. The molecule has 0 atom stereocenters. The minimum absolute atomic E-state index is 0.214. The first-order valence-electron chi connectivity index (χ1n) is 7.07. The van der Waals surface area contributed by atoms with Gasteiger partial charge in [0, 0.05) is 16.0 Å². The minimum atomic E-state index is -0.659. The molecular formula is C17H13FN2O3S. The molecule has 5 nitrogen and oxygen atoms in total. The number of rotatable bonds is 4. The second-order valence-corrected chi connectivity index (χ2v) is 6.20. The quantitative estimate of drug-likeness (QED) is 0.703. The number of amides is 2. The number of thiophene rings is 1. The van der Waals surface area contributed by atoms with Crippen molar-refractivity contribution in [3.63, 3.8) is 0 Å². The molecular weight excluding hydrogens is 331 g/mol. The fourth-order valence-electron chi connectivity index (χ4n) is 2.39. The van der Waals surface area contributed by atoms with Gasteiger partial charge in [-0.05, 0) is 52.7 Å². The molecule has 1 aromatic heterocycles. The van der Waals surface area contributed by atoms with Crippen molar-refractivity contribution in [1.29, 1.82) is 0 Å². The summed E-state index contributed by atoms with van der Waals surface area (Å²) in [7, 11) is 0. The van der Waals surface area contributed by atoms with Crippen molar-refractivity contribution in [3.8, 4) is 0 Å². The lowest BCUT2D eigenvalue weighted by Crippen LogP contribution is -2.18. The number of halogens is 1. The molecule has 0 aliphatic carbocycles. The van der Waals surface area contributed by atoms with Gasteiger partial charge in [0.05, 0.1) is 4.88 Å². The molecule has 0 unspecified atom stereocenters. The van der Waals surface area contributed by atoms with Crippen molar-refractivity contribution >= 4 is 38.9 Å². The van der Waals surface area contributed by atoms with E-state index in [1.54, 1.807) is 41.9 Å². The van der Waals surface area contributed by atoms with Gasteiger partial charge in [-0.3, -0.25) is 9.59 Å². The molecule has 24 heavy (non-hydrogen) atoms. The number of benzene rings is 2. The Balaban J connectivity index is 1.90. The molecule has 2 amide bonds. The molecule has 7 heteroatoms. The van der Waals surface area contributed by atoms with Gasteiger partial charge in [0.1, 0.15) is 0 Å². The molecule has 0 aliphatic heterocycles. The Kier molecular flexibility index (Phi) is 4.54. The first-order chi connectivity index (χ1) is 11.6. The topological polar surface area (TPSA) is 67.4 Å². The summed E-state index contributed by atoms with van der Waals surface area (Å²) in [4.78, 5) is 24.2. The van der Waals surface area contributed by atoms with Gasteiger partial charge in [0.15, 0.2) is 0 Å². The number of aryl methyl sites for hydroxylation is 1. The number of hydrogen-bond acceptors (Lipinski definition) is 4. The first-order valence-corrected chi connectivity index (χ1v) is 7.88. The van der Waals surface area contributed by atoms with Crippen LogP contribution in [-0.4, -0.2) is 11.8 Å². The van der Waals surface area contributed by atoms with E-state index in [0.717, 1.165) is 15.6 Å². The molecule has 1 heterocycles. The SMILES string of the molecule is Cc1cc(NC(=O)c2ccccc2)cc2cc(C(=O)NOF)sc12. The van der Waals surface area contributed by atoms with Gasteiger partial charge in [-0.1, -0.05) is 23.2 Å². The van der Waals surface area contributed by atoms with E-state index in [1.807, 2.05) is 19.1 Å². The molecule has 2 aromatic carbocycles. The van der Waals surface area contributed by atoms with Crippen LogP contribution in [0.2, 0.25) is 0 Å². The molecule has 0 bridgehead atoms. The second-order valence-electron chi connectivity index (χ2n) is 5.15. The average Bonchev–Trinajstić information content (AvgIpc) is 3.01. The van der Waals surface area contributed by atoms with Gasteiger partial charge in [0.2, 0.25) is 0 Å². The molecule has 3 rings (SSSR count). The third kappa shape index (κ3) is 3.27. The number of anilines is 1. The van der Waals surface area contributed by atoms with Crippen LogP contribution in [0.5, 0.6) is 0 Å². The van der Waals surface area contributed by atoms with Crippen LogP contribution >= 0.6 is 11.3 Å². The van der Waals surface area contributed by atoms with Crippen molar-refractivity contribution in [1.82, 2.24) is 5.48 Å². The Morgan fingerprint density at radius 3 is 2.54 bits per heavy atom. The molecule has 2 N–H and O–H groups in total. The fourth-order valence-corrected chi connectivity index (χ4v) is 3.39. The zero-order valence-electron chi connectivity index (χ0n) is 12.6. The van der Waals surface area contributed by atoms with Gasteiger partial charge in [0.25, 0.3) is 11.8 Å². The summed E-state index contributed by atoms with van der Waals surface area (Å²) in [6.45, 7) is 1.88. The highest BCUT2D eigenvalue weighted by atomic mass is 32.1. The molecule has 0 saturated heterocycles. The number of carbonyl (C=O) groups excluding carboxylic acids is 2. The Bertz CT molecular complexity index is 909. The van der Waals surface area contributed by atoms with E-state index >= 15 is 0 Å². The van der Waals surface area contributed by atoms with Gasteiger partial charge < -0.3 is 5.32 Å². The summed E-state index contributed by atoms with van der Waals surface area (Å²) in [5, 5.41) is 6.78. The predicted octanol–water partition coefficient (Wildman–Crippen LogP) is 4.01. The van der Waals surface area contributed by atoms with Gasteiger partial charge in [-0.25, -0.2) is 0 Å². The maximum Gasteiger partial charge on any atom is 0.287 e. The first kappa shape index (κ1) is 16.1. The monoisotopic (exact) mass is 344 g/mol. The van der Waals surface area contributed by atoms with E-state index in [4.69, 9.17) is 0 Å². The molecule has 3 aromatic rings. The minimum Gasteiger partial charge on any atom is -0.322 e. The molecule has 122 valence electrons. The third-order valence-electron chi connectivity index (χ3n) is 3.45. The lowest BCUT2D eigenvalue weighted by Gasteiger charge is -2.07. The summed E-state index contributed by atoms with van der Waals surface area (Å²) < 4.78 is 12.6. The van der Waals surface area contributed by atoms with Crippen LogP contribution in [0.25, 0.3) is 10.1 Å². The Morgan fingerprint density at radius 2 is 1.83 bits per heavy atom. The van der Waals surface area contributed by atoms with Gasteiger partial charge >= 0.3 is 0 Å². The van der Waals surface area contributed by atoms with E-state index in [2.05, 4.69) is 10.4 Å². The second kappa shape index (κ2) is 6.77. The zero-order chi connectivity index (χ0) is 17.1. The highest BCUT2D eigenvalue weighted by molar-refractivity contribution is 7.21. The Morgan fingerprint density at radius 1 is 1.08 bits per heavy atom. The number of nitrogens with one attached hydrogen (secondary N) is 2. The summed E-state index contributed by atoms with van der Waals surface area (Å²) in [5.74, 6) is -0.874. The Labute approximate surface area is 140 Å². The van der Waals surface area contributed by atoms with E-state index < -0.39 is 5.91 Å². The van der Waals surface area contributed by atoms with Crippen molar-refractivity contribution in [2.24, 2.45) is 0 Å². The molecule has 0 fully saturated rings. The van der Waals surface area contributed by atoms with Gasteiger partial charge in [-0.2, -0.15) is 5.48 Å². The summed E-state index contributed by atoms with van der Waals surface area (Å²) >= 11 is 1.22. The van der Waals surface area contributed by atoms with E-state index in [0.29, 0.717) is 16.1 Å². The zero-order valence-corrected chi connectivity index (χ0v) is 13.4. The lowest BCUT2D eigenvalue weighted by molar-refractivity contribution is -0.176. The van der Waals surface area contributed by atoms with Crippen molar-refractivity contribution in [2.45, 2.75) is 6.92 Å². The van der Waals surface area contributed by atoms with Crippen LogP contribution in [0.3, 0.4) is 0 Å². The maximum atomic E-state index is 12.2. The van der Waals surface area contributed by atoms with Crippen LogP contribution in [0.4, 0.5) is 10.2 Å². The van der Waals surface area contributed by atoms with Crippen LogP contribution in [-0.2, 0) is 5.04 Å². The van der Waals surface area contributed by atoms with Crippen LogP contribution in [0.15, 0.2) is 48.5 Å². The van der Waals surface area contributed by atoms with Crippen LogP contribution in [0, 0.1) is 6.92 Å². The molecule has 0 spiro atoms. The molecule has 0 aliphatic rings. The number of fused-ring (bicyclic) bond motifs is 1. The predicted molar refractivity (Wildman–Crippen MR) is 90.6 cm³/mol. The van der Waals surface area contributed by atoms with E-state index in [-0.39, 0.29) is 5.91 Å². The number of carbonyl (C=O) groups is 2. The van der Waals surface area contributed by atoms with Gasteiger partial charge in [-0.15, -0.1) is 11.3 Å². The van der Waals surface area contributed by atoms with Crippen LogP contribution < -0.4 is 10.8 Å². The molecule has 0 saturated carbocycles. The summed E-state index contributed by atoms with van der Waals surface area (Å²) in [6.07, 6.45) is 0. The summed E-state index contributed by atoms with van der Waals surface area (Å²) in [6, 6.07) is 14.1. The van der Waals surface area contributed by atoms with E-state index in [9.17, 15) is 14.1 Å². The average molecular weight is 344 g/mol. The van der Waals surface area contributed by atoms with Crippen LogP contribution in [0.1, 0.15) is 25.6 Å². The highest BCUT2D eigenvalue weighted by Gasteiger charge is 2.14. The number of hydrogen-bond donors (Lipinski definition) is 2. The van der Waals surface area contributed by atoms with Crippen molar-refractivity contribution in [2.75, 3.05) is 5.32 Å². The lowest BCUT2D eigenvalue weighted by atomic mass is 10.1. The highest BCUT2D eigenvalue weighted by Crippen LogP contribution is 2.31. The third-order valence-corrected chi connectivity index (χ3v) is 4.74. The summed E-state index contributed by atoms with van der Waals surface area (Å²) in [5.41, 5.74) is 3.73. The van der Waals surface area contributed by atoms with Crippen molar-refractivity contribution < 1.29 is 19.2 Å². The largest absolute Gasteiger partial charge is 0.322 e. The van der Waals surface area contributed by atoms with Crippen molar-refractivity contribution in [3.05, 3.63) is 64.5 Å². The fraction of sp³-hybridized carbons (Fsp3) is 0.0588. The maximum absolute atomic E-state index is 12.2. The number of hydroxylamine groups is 1.